The van der Waals surface area contributed by atoms with Crippen LogP contribution in [0.1, 0.15) is 25.2 Å². The summed E-state index contributed by atoms with van der Waals surface area (Å²) < 4.78 is 2.00. The van der Waals surface area contributed by atoms with E-state index in [1.165, 1.54) is 11.8 Å². The minimum atomic E-state index is -0.0966. The number of rotatable bonds is 9. The topological polar surface area (TPSA) is 88.9 Å². The Balaban J connectivity index is 1.79. The first-order chi connectivity index (χ1) is 12.5. The number of amides is 2. The maximum absolute atomic E-state index is 12.0. The van der Waals surface area contributed by atoms with Crippen LogP contribution in [-0.2, 0) is 16.1 Å². The van der Waals surface area contributed by atoms with Gasteiger partial charge in [-0.2, -0.15) is 0 Å². The van der Waals surface area contributed by atoms with Gasteiger partial charge in [-0.1, -0.05) is 55.9 Å². The van der Waals surface area contributed by atoms with Crippen LogP contribution in [0.2, 0.25) is 0 Å². The van der Waals surface area contributed by atoms with Gasteiger partial charge in [0.1, 0.15) is 5.82 Å². The van der Waals surface area contributed by atoms with Gasteiger partial charge < -0.3 is 15.2 Å². The number of aryl methyl sites for hydroxylation is 1. The Morgan fingerprint density at radius 3 is 2.50 bits per heavy atom. The second kappa shape index (κ2) is 9.96. The maximum atomic E-state index is 12.0. The molecule has 0 saturated carbocycles. The molecule has 0 aliphatic heterocycles. The normalized spacial score (nSPS) is 10.8. The number of hydrogen-bond acceptors (Lipinski definition) is 5. The van der Waals surface area contributed by atoms with Gasteiger partial charge in [0, 0.05) is 19.0 Å². The average Bonchev–Trinajstić information content (AvgIpc) is 2.97. The zero-order chi connectivity index (χ0) is 18.9. The predicted octanol–water partition coefficient (Wildman–Crippen LogP) is 1.62. The number of nitrogens with one attached hydrogen (secondary N) is 2. The zero-order valence-electron chi connectivity index (χ0n) is 15.4. The van der Waals surface area contributed by atoms with Gasteiger partial charge >= 0.3 is 0 Å². The summed E-state index contributed by atoms with van der Waals surface area (Å²) in [6.45, 7) is 7.07. The minimum absolute atomic E-state index is 0.0156. The van der Waals surface area contributed by atoms with E-state index in [1.54, 1.807) is 0 Å². The van der Waals surface area contributed by atoms with Gasteiger partial charge in [0.25, 0.3) is 0 Å². The molecule has 0 spiro atoms. The highest BCUT2D eigenvalue weighted by atomic mass is 32.2. The van der Waals surface area contributed by atoms with Crippen molar-refractivity contribution in [2.45, 2.75) is 32.5 Å². The van der Waals surface area contributed by atoms with E-state index in [2.05, 4.69) is 20.8 Å². The molecule has 0 bridgehead atoms. The number of carbonyl (C=O) groups excluding carboxylic acids is 2. The van der Waals surface area contributed by atoms with Gasteiger partial charge in [-0.25, -0.2) is 0 Å². The standard InChI is InChI=1S/C18H25N5O2S/c1-13(2)17(25)20-10-9-19-16(24)12-26-18-22-21-14(3)23(18)11-15-7-5-4-6-8-15/h4-8,13H,9-12H2,1-3H3,(H,19,24)(H,20,25). The van der Waals surface area contributed by atoms with E-state index in [4.69, 9.17) is 0 Å². The van der Waals surface area contributed by atoms with Crippen LogP contribution in [0, 0.1) is 12.8 Å². The van der Waals surface area contributed by atoms with E-state index in [-0.39, 0.29) is 23.5 Å². The molecule has 2 rings (SSSR count). The molecule has 1 aromatic carbocycles. The largest absolute Gasteiger partial charge is 0.354 e. The molecule has 2 N–H and O–H groups in total. The molecular weight excluding hydrogens is 350 g/mol. The number of carbonyl (C=O) groups is 2. The summed E-state index contributed by atoms with van der Waals surface area (Å²) in [6.07, 6.45) is 0. The lowest BCUT2D eigenvalue weighted by Gasteiger charge is -2.10. The number of aromatic nitrogens is 3. The van der Waals surface area contributed by atoms with E-state index < -0.39 is 0 Å². The highest BCUT2D eigenvalue weighted by Gasteiger charge is 2.12. The fraction of sp³-hybridized carbons (Fsp3) is 0.444. The summed E-state index contributed by atoms with van der Waals surface area (Å²) in [5.74, 6) is 0.901. The third kappa shape index (κ3) is 6.18. The van der Waals surface area contributed by atoms with Crippen LogP contribution in [0.15, 0.2) is 35.5 Å². The van der Waals surface area contributed by atoms with E-state index in [0.717, 1.165) is 16.5 Å². The smallest absolute Gasteiger partial charge is 0.230 e. The van der Waals surface area contributed by atoms with Crippen molar-refractivity contribution in [1.29, 1.82) is 0 Å². The van der Waals surface area contributed by atoms with Crippen molar-refractivity contribution in [2.24, 2.45) is 5.92 Å². The molecule has 0 atom stereocenters. The molecule has 1 aromatic heterocycles. The average molecular weight is 375 g/mol. The van der Waals surface area contributed by atoms with Crippen molar-refractivity contribution < 1.29 is 9.59 Å². The molecule has 1 heterocycles. The Kier molecular flexibility index (Phi) is 7.65. The minimum Gasteiger partial charge on any atom is -0.354 e. The lowest BCUT2D eigenvalue weighted by molar-refractivity contribution is -0.124. The Morgan fingerprint density at radius 2 is 1.81 bits per heavy atom. The van der Waals surface area contributed by atoms with Crippen LogP contribution >= 0.6 is 11.8 Å². The van der Waals surface area contributed by atoms with E-state index in [1.807, 2.05) is 55.7 Å². The predicted molar refractivity (Wildman–Crippen MR) is 102 cm³/mol. The molecule has 0 unspecified atom stereocenters. The monoisotopic (exact) mass is 375 g/mol. The molecule has 7 nitrogen and oxygen atoms in total. The van der Waals surface area contributed by atoms with Gasteiger partial charge in [-0.3, -0.25) is 9.59 Å². The summed E-state index contributed by atoms with van der Waals surface area (Å²) in [7, 11) is 0. The summed E-state index contributed by atoms with van der Waals surface area (Å²) in [5, 5.41) is 14.5. The molecule has 26 heavy (non-hydrogen) atoms. The number of thioether (sulfide) groups is 1. The van der Waals surface area contributed by atoms with Crippen LogP contribution in [0.25, 0.3) is 0 Å². The van der Waals surface area contributed by atoms with Gasteiger partial charge in [0.05, 0.1) is 12.3 Å². The SMILES string of the molecule is Cc1nnc(SCC(=O)NCCNC(=O)C(C)C)n1Cc1ccccc1. The Labute approximate surface area is 158 Å². The molecular formula is C18H25N5O2S. The molecule has 2 amide bonds. The van der Waals surface area contributed by atoms with Crippen LogP contribution in [0.3, 0.4) is 0 Å². The lowest BCUT2D eigenvalue weighted by Crippen LogP contribution is -2.37. The first-order valence-electron chi connectivity index (χ1n) is 8.58. The molecule has 0 saturated heterocycles. The van der Waals surface area contributed by atoms with Gasteiger partial charge in [-0.15, -0.1) is 10.2 Å². The molecule has 0 aliphatic rings. The summed E-state index contributed by atoms with van der Waals surface area (Å²) in [4.78, 5) is 23.4. The van der Waals surface area contributed by atoms with Crippen LogP contribution < -0.4 is 10.6 Å². The third-order valence-electron chi connectivity index (χ3n) is 3.69. The molecule has 0 radical (unpaired) electrons. The second-order valence-corrected chi connectivity index (χ2v) is 7.13. The summed E-state index contributed by atoms with van der Waals surface area (Å²) in [5.41, 5.74) is 1.16. The van der Waals surface area contributed by atoms with E-state index in [0.29, 0.717) is 19.6 Å². The molecule has 2 aromatic rings. The quantitative estimate of drug-likeness (QED) is 0.513. The van der Waals surface area contributed by atoms with E-state index >= 15 is 0 Å². The lowest BCUT2D eigenvalue weighted by atomic mass is 10.2. The number of benzene rings is 1. The molecule has 0 fully saturated rings. The fourth-order valence-electron chi connectivity index (χ4n) is 2.19. The maximum Gasteiger partial charge on any atom is 0.230 e. The number of hydrogen-bond donors (Lipinski definition) is 2. The molecule has 0 aliphatic carbocycles. The van der Waals surface area contributed by atoms with Crippen molar-refractivity contribution in [1.82, 2.24) is 25.4 Å². The highest BCUT2D eigenvalue weighted by Crippen LogP contribution is 2.18. The van der Waals surface area contributed by atoms with Crippen molar-refractivity contribution >= 4 is 23.6 Å². The summed E-state index contributed by atoms with van der Waals surface area (Å²) in [6, 6.07) is 10.1. The van der Waals surface area contributed by atoms with Crippen LogP contribution in [0.5, 0.6) is 0 Å². The molecule has 140 valence electrons. The van der Waals surface area contributed by atoms with Crippen molar-refractivity contribution in [3.63, 3.8) is 0 Å². The first kappa shape index (κ1) is 20.0. The van der Waals surface area contributed by atoms with Crippen molar-refractivity contribution in [3.05, 3.63) is 41.7 Å². The van der Waals surface area contributed by atoms with E-state index in [9.17, 15) is 9.59 Å². The summed E-state index contributed by atoms with van der Waals surface area (Å²) >= 11 is 1.35. The van der Waals surface area contributed by atoms with Crippen molar-refractivity contribution in [3.8, 4) is 0 Å². The fourth-order valence-corrected chi connectivity index (χ4v) is 3.00. The second-order valence-electron chi connectivity index (χ2n) is 6.19. The zero-order valence-corrected chi connectivity index (χ0v) is 16.2. The first-order valence-corrected chi connectivity index (χ1v) is 9.57. The van der Waals surface area contributed by atoms with Crippen LogP contribution in [0.4, 0.5) is 0 Å². The highest BCUT2D eigenvalue weighted by molar-refractivity contribution is 7.99. The van der Waals surface area contributed by atoms with Crippen molar-refractivity contribution in [2.75, 3.05) is 18.8 Å². The van der Waals surface area contributed by atoms with Gasteiger partial charge in [0.2, 0.25) is 11.8 Å². The third-order valence-corrected chi connectivity index (χ3v) is 4.66. The van der Waals surface area contributed by atoms with Gasteiger partial charge in [0.15, 0.2) is 5.16 Å². The Hall–Kier alpha value is -2.35. The molecule has 8 heteroatoms. The Bertz CT molecular complexity index is 730. The van der Waals surface area contributed by atoms with Crippen LogP contribution in [-0.4, -0.2) is 45.4 Å². The number of nitrogens with zero attached hydrogens (tertiary/aromatic N) is 3. The Morgan fingerprint density at radius 1 is 1.12 bits per heavy atom. The van der Waals surface area contributed by atoms with Gasteiger partial charge in [-0.05, 0) is 12.5 Å².